The highest BCUT2D eigenvalue weighted by Gasteiger charge is 2.13. The molecule has 8 heteroatoms. The highest BCUT2D eigenvalue weighted by atomic mass is 16.6. The summed E-state index contributed by atoms with van der Waals surface area (Å²) in [4.78, 5) is 26.4. The van der Waals surface area contributed by atoms with E-state index in [1.165, 1.54) is 12.1 Å². The Bertz CT molecular complexity index is 920. The minimum Gasteiger partial charge on any atom is -0.309 e. The van der Waals surface area contributed by atoms with Gasteiger partial charge < -0.3 is 5.32 Å². The molecule has 2 N–H and O–H groups in total. The third-order valence-corrected chi connectivity index (χ3v) is 4.02. The number of carbonyl (C=O) groups is 1. The predicted octanol–water partition coefficient (Wildman–Crippen LogP) is 3.26. The molecule has 0 aliphatic heterocycles. The average molecular weight is 351 g/mol. The molecule has 0 saturated heterocycles. The van der Waals surface area contributed by atoms with Crippen LogP contribution in [-0.4, -0.2) is 26.0 Å². The van der Waals surface area contributed by atoms with Gasteiger partial charge in [-0.3, -0.25) is 25.0 Å². The molecule has 0 radical (unpaired) electrons. The highest BCUT2D eigenvalue weighted by Crippen LogP contribution is 2.25. The van der Waals surface area contributed by atoms with Gasteiger partial charge in [0.2, 0.25) is 5.91 Å². The van der Waals surface area contributed by atoms with Gasteiger partial charge in [0.15, 0.2) is 5.82 Å². The first-order valence-electron chi connectivity index (χ1n) is 8.03. The number of non-ortho nitro benzene ring substituents is 1. The number of aromatic nitrogens is 3. The molecule has 8 nitrogen and oxygen atoms in total. The van der Waals surface area contributed by atoms with Crippen molar-refractivity contribution >= 4 is 17.4 Å². The zero-order valence-corrected chi connectivity index (χ0v) is 14.1. The quantitative estimate of drug-likeness (QED) is 0.522. The standard InChI is InChI=1S/C18H17N5O3/c1-12-17(14-8-10-19-11-9-14)21-22-18(12)20-16(24)7-4-13-2-5-15(6-3-13)23(25)26/h2-3,5-6,8-11H,4,7H2,1H3,(H2,20,21,22,24). The number of hydrogen-bond donors (Lipinski definition) is 2. The molecule has 26 heavy (non-hydrogen) atoms. The van der Waals surface area contributed by atoms with E-state index in [1.807, 2.05) is 19.1 Å². The molecule has 2 aromatic heterocycles. The minimum atomic E-state index is -0.447. The van der Waals surface area contributed by atoms with Crippen LogP contribution in [0, 0.1) is 17.0 Å². The molecule has 1 aromatic carbocycles. The van der Waals surface area contributed by atoms with E-state index in [2.05, 4.69) is 20.5 Å². The summed E-state index contributed by atoms with van der Waals surface area (Å²) >= 11 is 0. The molecular weight excluding hydrogens is 334 g/mol. The maximum Gasteiger partial charge on any atom is 0.269 e. The van der Waals surface area contributed by atoms with Crippen LogP contribution in [-0.2, 0) is 11.2 Å². The fourth-order valence-corrected chi connectivity index (χ4v) is 2.56. The van der Waals surface area contributed by atoms with Gasteiger partial charge in [-0.15, -0.1) is 0 Å². The van der Waals surface area contributed by atoms with Crippen molar-refractivity contribution in [1.29, 1.82) is 0 Å². The van der Waals surface area contributed by atoms with E-state index < -0.39 is 4.92 Å². The van der Waals surface area contributed by atoms with Gasteiger partial charge >= 0.3 is 0 Å². The smallest absolute Gasteiger partial charge is 0.269 e. The topological polar surface area (TPSA) is 114 Å². The third kappa shape index (κ3) is 3.92. The number of carbonyl (C=O) groups excluding carboxylic acids is 1. The molecule has 0 bridgehead atoms. The van der Waals surface area contributed by atoms with E-state index in [4.69, 9.17) is 0 Å². The second-order valence-corrected chi connectivity index (χ2v) is 5.78. The van der Waals surface area contributed by atoms with Gasteiger partial charge in [-0.1, -0.05) is 12.1 Å². The van der Waals surface area contributed by atoms with Crippen LogP contribution in [0.4, 0.5) is 11.5 Å². The van der Waals surface area contributed by atoms with E-state index in [9.17, 15) is 14.9 Å². The molecule has 2 heterocycles. The lowest BCUT2D eigenvalue weighted by atomic mass is 10.1. The molecule has 0 saturated carbocycles. The van der Waals surface area contributed by atoms with Gasteiger partial charge in [0, 0.05) is 42.1 Å². The first-order chi connectivity index (χ1) is 12.5. The van der Waals surface area contributed by atoms with E-state index in [1.54, 1.807) is 24.5 Å². The molecule has 0 spiro atoms. The van der Waals surface area contributed by atoms with Crippen molar-refractivity contribution in [1.82, 2.24) is 15.2 Å². The number of pyridine rings is 1. The fourth-order valence-electron chi connectivity index (χ4n) is 2.56. The zero-order valence-electron chi connectivity index (χ0n) is 14.1. The monoisotopic (exact) mass is 351 g/mol. The van der Waals surface area contributed by atoms with Crippen molar-refractivity contribution in [2.24, 2.45) is 0 Å². The molecule has 3 rings (SSSR count). The van der Waals surface area contributed by atoms with E-state index in [-0.39, 0.29) is 18.0 Å². The van der Waals surface area contributed by atoms with Crippen LogP contribution in [0.5, 0.6) is 0 Å². The Morgan fingerprint density at radius 2 is 1.88 bits per heavy atom. The summed E-state index contributed by atoms with van der Waals surface area (Å²) in [5.74, 6) is 0.324. The number of benzene rings is 1. The molecule has 132 valence electrons. The number of amides is 1. The van der Waals surface area contributed by atoms with Crippen molar-refractivity contribution in [2.75, 3.05) is 5.32 Å². The van der Waals surface area contributed by atoms with Crippen LogP contribution in [0.25, 0.3) is 11.3 Å². The summed E-state index contributed by atoms with van der Waals surface area (Å²) in [5.41, 5.74) is 3.52. The number of aryl methyl sites for hydroxylation is 1. The summed E-state index contributed by atoms with van der Waals surface area (Å²) in [6.45, 7) is 1.88. The number of rotatable bonds is 6. The van der Waals surface area contributed by atoms with E-state index in [0.717, 1.165) is 22.4 Å². The Balaban J connectivity index is 1.60. The van der Waals surface area contributed by atoms with Crippen LogP contribution in [0.1, 0.15) is 17.5 Å². The lowest BCUT2D eigenvalue weighted by Crippen LogP contribution is -2.13. The molecule has 0 atom stereocenters. The maximum atomic E-state index is 12.2. The summed E-state index contributed by atoms with van der Waals surface area (Å²) in [6, 6.07) is 9.92. The minimum absolute atomic E-state index is 0.0361. The van der Waals surface area contributed by atoms with Crippen molar-refractivity contribution < 1.29 is 9.72 Å². The van der Waals surface area contributed by atoms with Crippen molar-refractivity contribution in [3.8, 4) is 11.3 Å². The Morgan fingerprint density at radius 1 is 1.19 bits per heavy atom. The Morgan fingerprint density at radius 3 is 2.54 bits per heavy atom. The molecule has 0 aliphatic rings. The number of nitrogens with zero attached hydrogens (tertiary/aromatic N) is 3. The van der Waals surface area contributed by atoms with Crippen LogP contribution in [0.3, 0.4) is 0 Å². The second kappa shape index (κ2) is 7.56. The van der Waals surface area contributed by atoms with Gasteiger partial charge in [0.25, 0.3) is 5.69 Å². The fraction of sp³-hybridized carbons (Fsp3) is 0.167. The summed E-state index contributed by atoms with van der Waals surface area (Å²) < 4.78 is 0. The molecule has 0 fully saturated rings. The summed E-state index contributed by atoms with van der Waals surface area (Å²) in [7, 11) is 0. The number of hydrogen-bond acceptors (Lipinski definition) is 5. The highest BCUT2D eigenvalue weighted by molar-refractivity contribution is 5.91. The maximum absolute atomic E-state index is 12.2. The third-order valence-electron chi connectivity index (χ3n) is 4.02. The zero-order chi connectivity index (χ0) is 18.5. The molecule has 1 amide bonds. The van der Waals surface area contributed by atoms with Gasteiger partial charge in [-0.05, 0) is 31.0 Å². The summed E-state index contributed by atoms with van der Waals surface area (Å²) in [6.07, 6.45) is 4.13. The largest absolute Gasteiger partial charge is 0.309 e. The number of nitrogens with one attached hydrogen (secondary N) is 2. The van der Waals surface area contributed by atoms with Crippen LogP contribution >= 0.6 is 0 Å². The van der Waals surface area contributed by atoms with Crippen molar-refractivity contribution in [3.05, 3.63) is 70.0 Å². The van der Waals surface area contributed by atoms with Crippen LogP contribution in [0.2, 0.25) is 0 Å². The SMILES string of the molecule is Cc1c(NC(=O)CCc2ccc([N+](=O)[O-])cc2)n[nH]c1-c1ccncc1. The number of H-pyrrole nitrogens is 1. The molecule has 0 aliphatic carbocycles. The van der Waals surface area contributed by atoms with Crippen molar-refractivity contribution in [2.45, 2.75) is 19.8 Å². The average Bonchev–Trinajstić information content (AvgIpc) is 3.01. The van der Waals surface area contributed by atoms with Crippen LogP contribution in [0.15, 0.2) is 48.8 Å². The van der Waals surface area contributed by atoms with Gasteiger partial charge in [0.05, 0.1) is 10.6 Å². The lowest BCUT2D eigenvalue weighted by Gasteiger charge is -2.04. The second-order valence-electron chi connectivity index (χ2n) is 5.78. The first kappa shape index (κ1) is 17.3. The Kier molecular flexibility index (Phi) is 5.02. The van der Waals surface area contributed by atoms with Gasteiger partial charge in [-0.25, -0.2) is 0 Å². The molecular formula is C18H17N5O3. The number of nitro groups is 1. The Hall–Kier alpha value is -3.55. The number of anilines is 1. The number of nitro benzene ring substituents is 1. The van der Waals surface area contributed by atoms with Gasteiger partial charge in [0.1, 0.15) is 0 Å². The number of aromatic amines is 1. The molecule has 3 aromatic rings. The van der Waals surface area contributed by atoms with Crippen molar-refractivity contribution in [3.63, 3.8) is 0 Å². The normalized spacial score (nSPS) is 10.5. The first-order valence-corrected chi connectivity index (χ1v) is 8.03. The molecule has 0 unspecified atom stereocenters. The Labute approximate surface area is 149 Å². The lowest BCUT2D eigenvalue weighted by molar-refractivity contribution is -0.384. The van der Waals surface area contributed by atoms with Gasteiger partial charge in [-0.2, -0.15) is 5.10 Å². The summed E-state index contributed by atoms with van der Waals surface area (Å²) in [5, 5.41) is 20.5. The predicted molar refractivity (Wildman–Crippen MR) is 96.6 cm³/mol. The van der Waals surface area contributed by atoms with E-state index >= 15 is 0 Å². The van der Waals surface area contributed by atoms with Crippen LogP contribution < -0.4 is 5.32 Å². The van der Waals surface area contributed by atoms with E-state index in [0.29, 0.717) is 12.2 Å².